The summed E-state index contributed by atoms with van der Waals surface area (Å²) in [5.74, 6) is 0.501. The molecule has 24 heavy (non-hydrogen) atoms. The molecule has 1 aromatic rings. The quantitative estimate of drug-likeness (QED) is 0.801. The van der Waals surface area contributed by atoms with Gasteiger partial charge in [0.1, 0.15) is 0 Å². The zero-order chi connectivity index (χ0) is 16.9. The fraction of sp³-hybridized carbons (Fsp3) is 0.579. The molecule has 0 N–H and O–H groups in total. The van der Waals surface area contributed by atoms with E-state index < -0.39 is 0 Å². The van der Waals surface area contributed by atoms with Gasteiger partial charge in [-0.2, -0.15) is 0 Å². The van der Waals surface area contributed by atoms with Gasteiger partial charge in [0.25, 0.3) is 0 Å². The van der Waals surface area contributed by atoms with Crippen molar-refractivity contribution in [2.75, 3.05) is 32.8 Å². The number of hydrogen-bond acceptors (Lipinski definition) is 3. The van der Waals surface area contributed by atoms with Crippen LogP contribution in [0.25, 0.3) is 0 Å². The Labute approximate surface area is 143 Å². The van der Waals surface area contributed by atoms with Crippen LogP contribution in [0.3, 0.4) is 0 Å². The molecule has 0 aliphatic carbocycles. The molecule has 1 aromatic carbocycles. The molecule has 2 aliphatic heterocycles. The molecule has 2 unspecified atom stereocenters. The molecule has 0 saturated carbocycles. The third kappa shape index (κ3) is 3.96. The van der Waals surface area contributed by atoms with Crippen LogP contribution < -0.4 is 0 Å². The van der Waals surface area contributed by atoms with Gasteiger partial charge < -0.3 is 14.5 Å². The number of likely N-dealkylation sites (tertiary alicyclic amines) is 2. The minimum absolute atomic E-state index is 0.109. The molecule has 0 bridgehead atoms. The first kappa shape index (κ1) is 17.0. The molecule has 5 heteroatoms. The first-order valence-electron chi connectivity index (χ1n) is 8.85. The van der Waals surface area contributed by atoms with E-state index in [0.29, 0.717) is 38.6 Å². The molecule has 2 heterocycles. The average Bonchev–Trinajstić information content (AvgIpc) is 3.22. The largest absolute Gasteiger partial charge is 0.376 e. The lowest BCUT2D eigenvalue weighted by atomic mass is 10.1. The van der Waals surface area contributed by atoms with Gasteiger partial charge >= 0.3 is 0 Å². The van der Waals surface area contributed by atoms with E-state index in [4.69, 9.17) is 4.74 Å². The number of nitrogens with zero attached hydrogens (tertiary/aromatic N) is 2. The van der Waals surface area contributed by atoms with Crippen LogP contribution in [0.1, 0.15) is 25.3 Å². The molecule has 0 radical (unpaired) electrons. The second-order valence-electron chi connectivity index (χ2n) is 6.77. The van der Waals surface area contributed by atoms with Crippen LogP contribution in [0, 0.1) is 11.8 Å². The first-order chi connectivity index (χ1) is 11.7. The summed E-state index contributed by atoms with van der Waals surface area (Å²) in [5, 5.41) is 0. The number of benzene rings is 1. The maximum atomic E-state index is 12.6. The molecule has 3 rings (SSSR count). The zero-order valence-electron chi connectivity index (χ0n) is 14.3. The van der Waals surface area contributed by atoms with E-state index in [1.807, 2.05) is 30.0 Å². The van der Waals surface area contributed by atoms with E-state index >= 15 is 0 Å². The van der Waals surface area contributed by atoms with Gasteiger partial charge in [0.15, 0.2) is 0 Å². The third-order valence-electron chi connectivity index (χ3n) is 5.01. The second-order valence-corrected chi connectivity index (χ2v) is 6.77. The molecule has 5 nitrogen and oxygen atoms in total. The summed E-state index contributed by atoms with van der Waals surface area (Å²) >= 11 is 0. The van der Waals surface area contributed by atoms with Gasteiger partial charge in [-0.15, -0.1) is 0 Å². The molecule has 2 saturated heterocycles. The van der Waals surface area contributed by atoms with Crippen molar-refractivity contribution in [2.45, 2.75) is 26.4 Å². The lowest BCUT2D eigenvalue weighted by Crippen LogP contribution is -2.36. The summed E-state index contributed by atoms with van der Waals surface area (Å²) in [5.41, 5.74) is 1.17. The first-order valence-corrected chi connectivity index (χ1v) is 8.85. The highest BCUT2D eigenvalue weighted by Crippen LogP contribution is 2.24. The summed E-state index contributed by atoms with van der Waals surface area (Å²) in [6.45, 7) is 6.08. The van der Waals surface area contributed by atoms with Crippen LogP contribution in [0.15, 0.2) is 30.3 Å². The highest BCUT2D eigenvalue weighted by molar-refractivity contribution is 5.89. The van der Waals surface area contributed by atoms with Gasteiger partial charge in [-0.1, -0.05) is 30.3 Å². The molecular formula is C19H26N2O3. The lowest BCUT2D eigenvalue weighted by Gasteiger charge is -2.20. The van der Waals surface area contributed by atoms with E-state index in [1.165, 1.54) is 5.56 Å². The number of ether oxygens (including phenoxy) is 1. The van der Waals surface area contributed by atoms with Crippen LogP contribution in [-0.4, -0.2) is 54.4 Å². The average molecular weight is 330 g/mol. The monoisotopic (exact) mass is 330 g/mol. The number of carbonyl (C=O) groups is 2. The van der Waals surface area contributed by atoms with Crippen LogP contribution in [0.2, 0.25) is 0 Å². The van der Waals surface area contributed by atoms with Crippen molar-refractivity contribution in [1.82, 2.24) is 9.80 Å². The Balaban J connectivity index is 1.42. The number of carbonyl (C=O) groups excluding carboxylic acids is 2. The van der Waals surface area contributed by atoms with Gasteiger partial charge in [0, 0.05) is 38.5 Å². The molecule has 2 atom stereocenters. The van der Waals surface area contributed by atoms with Gasteiger partial charge in [-0.05, 0) is 18.9 Å². The van der Waals surface area contributed by atoms with Crippen LogP contribution in [0.5, 0.6) is 0 Å². The van der Waals surface area contributed by atoms with Crippen molar-refractivity contribution in [1.29, 1.82) is 0 Å². The smallest absolute Gasteiger partial charge is 0.228 e. The summed E-state index contributed by atoms with van der Waals surface area (Å²) in [4.78, 5) is 28.1. The third-order valence-corrected chi connectivity index (χ3v) is 5.01. The molecule has 2 aliphatic rings. The number of hydrogen-bond donors (Lipinski definition) is 0. The van der Waals surface area contributed by atoms with Crippen molar-refractivity contribution < 1.29 is 14.3 Å². The van der Waals surface area contributed by atoms with Crippen molar-refractivity contribution in [3.8, 4) is 0 Å². The minimum Gasteiger partial charge on any atom is -0.376 e. The van der Waals surface area contributed by atoms with Gasteiger partial charge in [-0.3, -0.25) is 9.59 Å². The topological polar surface area (TPSA) is 49.9 Å². The van der Waals surface area contributed by atoms with Crippen molar-refractivity contribution in [3.05, 3.63) is 35.9 Å². The maximum absolute atomic E-state index is 12.6. The molecule has 2 amide bonds. The Bertz CT molecular complexity index is 575. The van der Waals surface area contributed by atoms with Crippen LogP contribution in [0.4, 0.5) is 0 Å². The normalized spacial score (nSPS) is 24.0. The SMILES string of the molecule is CCN1CC(C(=O)N2CCC(COCc3ccccc3)C2)CC1=O. The van der Waals surface area contributed by atoms with Gasteiger partial charge in [0.2, 0.25) is 11.8 Å². The number of amides is 2. The van der Waals surface area contributed by atoms with E-state index in [0.717, 1.165) is 19.5 Å². The van der Waals surface area contributed by atoms with Crippen molar-refractivity contribution in [3.63, 3.8) is 0 Å². The molecule has 2 fully saturated rings. The molecule has 0 aromatic heterocycles. The highest BCUT2D eigenvalue weighted by Gasteiger charge is 2.37. The Morgan fingerprint density at radius 3 is 2.75 bits per heavy atom. The molecule has 0 spiro atoms. The van der Waals surface area contributed by atoms with Crippen molar-refractivity contribution in [2.24, 2.45) is 11.8 Å². The Kier molecular flexibility index (Phi) is 5.51. The van der Waals surface area contributed by atoms with E-state index in [2.05, 4.69) is 12.1 Å². The van der Waals surface area contributed by atoms with Crippen molar-refractivity contribution >= 4 is 11.8 Å². The standard InChI is InChI=1S/C19H26N2O3/c1-2-20-12-17(10-18(20)22)19(23)21-9-8-16(11-21)14-24-13-15-6-4-3-5-7-15/h3-7,16-17H,2,8-14H2,1H3. The van der Waals surface area contributed by atoms with Gasteiger partial charge in [-0.25, -0.2) is 0 Å². The van der Waals surface area contributed by atoms with E-state index in [1.54, 1.807) is 4.90 Å². The molecular weight excluding hydrogens is 304 g/mol. The fourth-order valence-corrected chi connectivity index (χ4v) is 3.59. The highest BCUT2D eigenvalue weighted by atomic mass is 16.5. The van der Waals surface area contributed by atoms with Crippen LogP contribution >= 0.6 is 0 Å². The zero-order valence-corrected chi connectivity index (χ0v) is 14.3. The summed E-state index contributed by atoms with van der Waals surface area (Å²) in [7, 11) is 0. The maximum Gasteiger partial charge on any atom is 0.228 e. The lowest BCUT2D eigenvalue weighted by molar-refractivity contribution is -0.135. The Morgan fingerprint density at radius 1 is 1.25 bits per heavy atom. The minimum atomic E-state index is -0.151. The molecule has 130 valence electrons. The fourth-order valence-electron chi connectivity index (χ4n) is 3.59. The summed E-state index contributed by atoms with van der Waals surface area (Å²) < 4.78 is 5.81. The predicted octanol–water partition coefficient (Wildman–Crippen LogP) is 1.92. The Morgan fingerprint density at radius 2 is 2.04 bits per heavy atom. The van der Waals surface area contributed by atoms with Gasteiger partial charge in [0.05, 0.1) is 19.1 Å². The predicted molar refractivity (Wildman–Crippen MR) is 91.1 cm³/mol. The summed E-state index contributed by atoms with van der Waals surface area (Å²) in [6.07, 6.45) is 1.36. The Hall–Kier alpha value is -1.88. The summed E-state index contributed by atoms with van der Waals surface area (Å²) in [6, 6.07) is 10.1. The van der Waals surface area contributed by atoms with E-state index in [9.17, 15) is 9.59 Å². The number of rotatable bonds is 6. The second kappa shape index (κ2) is 7.79. The van der Waals surface area contributed by atoms with Crippen LogP contribution in [-0.2, 0) is 20.9 Å². The van der Waals surface area contributed by atoms with E-state index in [-0.39, 0.29) is 17.7 Å².